The van der Waals surface area contributed by atoms with Gasteiger partial charge in [0.1, 0.15) is 5.69 Å². The molecule has 3 aromatic rings. The van der Waals surface area contributed by atoms with Gasteiger partial charge in [-0.25, -0.2) is 0 Å². The third-order valence-electron chi connectivity index (χ3n) is 3.48. The highest BCUT2D eigenvalue weighted by Crippen LogP contribution is 2.38. The first-order valence-electron chi connectivity index (χ1n) is 6.65. The zero-order chi connectivity index (χ0) is 15.0. The monoisotopic (exact) mass is 298 g/mol. The molecule has 0 fully saturated rings. The van der Waals surface area contributed by atoms with Gasteiger partial charge in [-0.1, -0.05) is 52.7 Å². The van der Waals surface area contributed by atoms with Gasteiger partial charge in [0.2, 0.25) is 5.88 Å². The molecule has 0 saturated carbocycles. The second-order valence-electron chi connectivity index (χ2n) is 5.10. The van der Waals surface area contributed by atoms with Gasteiger partial charge in [-0.3, -0.25) is 0 Å². The van der Waals surface area contributed by atoms with Crippen LogP contribution in [0.5, 0.6) is 0 Å². The Morgan fingerprint density at radius 1 is 1.10 bits per heavy atom. The number of hydrogen-bond donors (Lipinski definition) is 1. The molecule has 0 radical (unpaired) electrons. The maximum atomic E-state index is 6.11. The highest BCUT2D eigenvalue weighted by Gasteiger charge is 2.19. The van der Waals surface area contributed by atoms with Gasteiger partial charge < -0.3 is 10.3 Å². The SMILES string of the molecule is Cc1cccc(-c2c(-c3cc(Cl)ccc3C)noc2N)c1. The summed E-state index contributed by atoms with van der Waals surface area (Å²) in [6.07, 6.45) is 0. The van der Waals surface area contributed by atoms with Crippen molar-refractivity contribution in [2.24, 2.45) is 0 Å². The summed E-state index contributed by atoms with van der Waals surface area (Å²) < 4.78 is 5.22. The molecule has 0 saturated heterocycles. The molecular formula is C17H15ClN2O. The molecule has 2 aromatic carbocycles. The first-order valence-corrected chi connectivity index (χ1v) is 7.03. The van der Waals surface area contributed by atoms with Crippen LogP contribution in [-0.2, 0) is 0 Å². The summed E-state index contributed by atoms with van der Waals surface area (Å²) >= 11 is 6.11. The Balaban J connectivity index is 2.24. The van der Waals surface area contributed by atoms with Crippen LogP contribution in [-0.4, -0.2) is 5.16 Å². The molecule has 0 unspecified atom stereocenters. The highest BCUT2D eigenvalue weighted by molar-refractivity contribution is 6.30. The number of anilines is 1. The van der Waals surface area contributed by atoms with Gasteiger partial charge in [-0.2, -0.15) is 0 Å². The zero-order valence-corrected chi connectivity index (χ0v) is 12.6. The minimum Gasteiger partial charge on any atom is -0.367 e. The van der Waals surface area contributed by atoms with Crippen LogP contribution in [0.15, 0.2) is 47.0 Å². The lowest BCUT2D eigenvalue weighted by molar-refractivity contribution is 0.439. The van der Waals surface area contributed by atoms with Crippen molar-refractivity contribution in [3.05, 3.63) is 58.6 Å². The third kappa shape index (κ3) is 2.52. The van der Waals surface area contributed by atoms with Gasteiger partial charge >= 0.3 is 0 Å². The molecule has 3 nitrogen and oxygen atoms in total. The van der Waals surface area contributed by atoms with Gasteiger partial charge in [0, 0.05) is 10.6 Å². The largest absolute Gasteiger partial charge is 0.367 e. The van der Waals surface area contributed by atoms with E-state index < -0.39 is 0 Å². The number of aryl methyl sites for hydroxylation is 2. The number of rotatable bonds is 2. The van der Waals surface area contributed by atoms with Crippen molar-refractivity contribution in [3.8, 4) is 22.4 Å². The minimum atomic E-state index is 0.315. The molecule has 106 valence electrons. The second kappa shape index (κ2) is 5.26. The Labute approximate surface area is 128 Å². The lowest BCUT2D eigenvalue weighted by Crippen LogP contribution is -1.90. The number of nitrogens with two attached hydrogens (primary N) is 1. The summed E-state index contributed by atoms with van der Waals surface area (Å²) in [5.41, 5.74) is 11.7. The van der Waals surface area contributed by atoms with Crippen molar-refractivity contribution < 1.29 is 4.52 Å². The summed E-state index contributed by atoms with van der Waals surface area (Å²) in [5, 5.41) is 4.79. The van der Waals surface area contributed by atoms with E-state index in [9.17, 15) is 0 Å². The van der Waals surface area contributed by atoms with E-state index in [2.05, 4.69) is 11.2 Å². The summed E-state index contributed by atoms with van der Waals surface area (Å²) in [6.45, 7) is 4.05. The zero-order valence-electron chi connectivity index (χ0n) is 11.9. The van der Waals surface area contributed by atoms with Gasteiger partial charge in [0.25, 0.3) is 0 Å². The Kier molecular flexibility index (Phi) is 3.43. The molecule has 21 heavy (non-hydrogen) atoms. The van der Waals surface area contributed by atoms with Crippen LogP contribution in [0, 0.1) is 13.8 Å². The van der Waals surface area contributed by atoms with Crippen LogP contribution in [0.4, 0.5) is 5.88 Å². The van der Waals surface area contributed by atoms with Crippen molar-refractivity contribution in [1.29, 1.82) is 0 Å². The van der Waals surface area contributed by atoms with Crippen LogP contribution >= 0.6 is 11.6 Å². The molecule has 0 aliphatic carbocycles. The molecular weight excluding hydrogens is 284 g/mol. The maximum Gasteiger partial charge on any atom is 0.230 e. The van der Waals surface area contributed by atoms with E-state index in [0.29, 0.717) is 10.9 Å². The van der Waals surface area contributed by atoms with Crippen molar-refractivity contribution in [2.75, 3.05) is 5.73 Å². The van der Waals surface area contributed by atoms with E-state index in [4.69, 9.17) is 21.9 Å². The van der Waals surface area contributed by atoms with E-state index in [-0.39, 0.29) is 0 Å². The highest BCUT2D eigenvalue weighted by atomic mass is 35.5. The average Bonchev–Trinajstić information content (AvgIpc) is 2.83. The molecule has 4 heteroatoms. The van der Waals surface area contributed by atoms with Crippen LogP contribution in [0.3, 0.4) is 0 Å². The molecule has 0 bridgehead atoms. The summed E-state index contributed by atoms with van der Waals surface area (Å²) in [7, 11) is 0. The smallest absolute Gasteiger partial charge is 0.230 e. The second-order valence-corrected chi connectivity index (χ2v) is 5.54. The van der Waals surface area contributed by atoms with E-state index in [1.165, 1.54) is 0 Å². The van der Waals surface area contributed by atoms with Gasteiger partial charge in [-0.05, 0) is 37.1 Å². The maximum absolute atomic E-state index is 6.11. The standard InChI is InChI=1S/C17H15ClN2O/c1-10-4-3-5-12(8-10)15-16(20-21-17(15)19)14-9-13(18)7-6-11(14)2/h3-9H,19H2,1-2H3. The van der Waals surface area contributed by atoms with Crippen LogP contribution in [0.2, 0.25) is 5.02 Å². The fourth-order valence-electron chi connectivity index (χ4n) is 2.42. The first-order chi connectivity index (χ1) is 10.1. The fourth-order valence-corrected chi connectivity index (χ4v) is 2.59. The lowest BCUT2D eigenvalue weighted by atomic mass is 9.97. The Bertz CT molecular complexity index is 808. The number of benzene rings is 2. The quantitative estimate of drug-likeness (QED) is 0.735. The van der Waals surface area contributed by atoms with Crippen molar-refractivity contribution in [3.63, 3.8) is 0 Å². The lowest BCUT2D eigenvalue weighted by Gasteiger charge is -2.07. The minimum absolute atomic E-state index is 0.315. The summed E-state index contributed by atoms with van der Waals surface area (Å²) in [4.78, 5) is 0. The normalized spacial score (nSPS) is 10.8. The Hall–Kier alpha value is -2.26. The van der Waals surface area contributed by atoms with E-state index in [1.807, 2.05) is 50.2 Å². The van der Waals surface area contributed by atoms with Gasteiger partial charge in [0.15, 0.2) is 0 Å². The predicted octanol–water partition coefficient (Wildman–Crippen LogP) is 4.86. The Morgan fingerprint density at radius 2 is 1.90 bits per heavy atom. The van der Waals surface area contributed by atoms with E-state index >= 15 is 0 Å². The van der Waals surface area contributed by atoms with Gasteiger partial charge in [0.05, 0.1) is 5.56 Å². The molecule has 1 aromatic heterocycles. The molecule has 1 heterocycles. The van der Waals surface area contributed by atoms with E-state index in [0.717, 1.165) is 33.5 Å². The molecule has 0 aliphatic heterocycles. The molecule has 0 amide bonds. The average molecular weight is 299 g/mol. The number of halogens is 1. The van der Waals surface area contributed by atoms with Crippen molar-refractivity contribution in [2.45, 2.75) is 13.8 Å². The predicted molar refractivity (Wildman–Crippen MR) is 86.3 cm³/mol. The van der Waals surface area contributed by atoms with Crippen LogP contribution < -0.4 is 5.73 Å². The molecule has 0 spiro atoms. The number of nitrogens with zero attached hydrogens (tertiary/aromatic N) is 1. The van der Waals surface area contributed by atoms with Crippen molar-refractivity contribution in [1.82, 2.24) is 5.16 Å². The van der Waals surface area contributed by atoms with Crippen LogP contribution in [0.1, 0.15) is 11.1 Å². The van der Waals surface area contributed by atoms with Gasteiger partial charge in [-0.15, -0.1) is 0 Å². The molecule has 3 rings (SSSR count). The molecule has 2 N–H and O–H groups in total. The Morgan fingerprint density at radius 3 is 2.67 bits per heavy atom. The van der Waals surface area contributed by atoms with Crippen molar-refractivity contribution >= 4 is 17.5 Å². The van der Waals surface area contributed by atoms with E-state index in [1.54, 1.807) is 0 Å². The fraction of sp³-hybridized carbons (Fsp3) is 0.118. The first kappa shape index (κ1) is 13.7. The third-order valence-corrected chi connectivity index (χ3v) is 3.72. The topological polar surface area (TPSA) is 52.0 Å². The summed E-state index contributed by atoms with van der Waals surface area (Å²) in [5.74, 6) is 0.315. The molecule has 0 atom stereocenters. The number of aromatic nitrogens is 1. The summed E-state index contributed by atoms with van der Waals surface area (Å²) in [6, 6.07) is 13.8. The van der Waals surface area contributed by atoms with Crippen LogP contribution in [0.25, 0.3) is 22.4 Å². The molecule has 0 aliphatic rings. The number of hydrogen-bond acceptors (Lipinski definition) is 3. The number of nitrogen functional groups attached to an aromatic ring is 1.